The third-order valence-corrected chi connectivity index (χ3v) is 5.21. The van der Waals surface area contributed by atoms with Crippen LogP contribution in [0.2, 0.25) is 0 Å². The molecule has 2 aliphatic rings. The summed E-state index contributed by atoms with van der Waals surface area (Å²) in [4.78, 5) is 0. The number of nitrogens with one attached hydrogen (secondary N) is 1. The van der Waals surface area contributed by atoms with Crippen molar-refractivity contribution in [3.8, 4) is 11.5 Å². The van der Waals surface area contributed by atoms with Gasteiger partial charge in [-0.2, -0.15) is 5.10 Å². The summed E-state index contributed by atoms with van der Waals surface area (Å²) in [5.74, 6) is 1.91. The van der Waals surface area contributed by atoms with E-state index >= 15 is 0 Å². The SMILES string of the molecule is COc1cc(CN[C@H]2CCCO[C@@H]2c2cnn(C)c2)c2c(c1)CC(C)O2. The number of nitrogens with zero attached hydrogens (tertiary/aromatic N) is 2. The van der Waals surface area contributed by atoms with Crippen LogP contribution in [0.5, 0.6) is 11.5 Å². The van der Waals surface area contributed by atoms with Gasteiger partial charge in [-0.25, -0.2) is 0 Å². The monoisotopic (exact) mass is 357 g/mol. The lowest BCUT2D eigenvalue weighted by Crippen LogP contribution is -2.39. The number of ether oxygens (including phenoxy) is 3. The number of hydrogen-bond acceptors (Lipinski definition) is 5. The molecule has 1 fully saturated rings. The highest BCUT2D eigenvalue weighted by molar-refractivity contribution is 5.49. The molecule has 6 nitrogen and oxygen atoms in total. The molecule has 0 aliphatic carbocycles. The topological polar surface area (TPSA) is 57.5 Å². The molecule has 0 spiro atoms. The van der Waals surface area contributed by atoms with Gasteiger partial charge in [-0.1, -0.05) is 0 Å². The highest BCUT2D eigenvalue weighted by Crippen LogP contribution is 2.37. The van der Waals surface area contributed by atoms with Crippen molar-refractivity contribution < 1.29 is 14.2 Å². The first-order valence-corrected chi connectivity index (χ1v) is 9.34. The third-order valence-electron chi connectivity index (χ3n) is 5.21. The molecular weight excluding hydrogens is 330 g/mol. The number of benzene rings is 1. The van der Waals surface area contributed by atoms with Gasteiger partial charge in [0.2, 0.25) is 0 Å². The molecule has 1 aromatic carbocycles. The number of aryl methyl sites for hydroxylation is 1. The van der Waals surface area contributed by atoms with Gasteiger partial charge in [0.15, 0.2) is 0 Å². The fourth-order valence-electron chi connectivity index (χ4n) is 3.97. The maximum absolute atomic E-state index is 6.06. The predicted octanol–water partition coefficient (Wildman–Crippen LogP) is 2.76. The lowest BCUT2D eigenvalue weighted by molar-refractivity contribution is -0.0113. The Bertz CT molecular complexity index is 774. The van der Waals surface area contributed by atoms with Gasteiger partial charge in [0.1, 0.15) is 23.7 Å². The summed E-state index contributed by atoms with van der Waals surface area (Å²) in [5, 5.41) is 7.99. The van der Waals surface area contributed by atoms with E-state index in [9.17, 15) is 0 Å². The maximum atomic E-state index is 6.06. The Morgan fingerprint density at radius 1 is 1.38 bits per heavy atom. The first kappa shape index (κ1) is 17.4. The van der Waals surface area contributed by atoms with Crippen molar-refractivity contribution in [1.29, 1.82) is 0 Å². The number of methoxy groups -OCH3 is 1. The van der Waals surface area contributed by atoms with E-state index in [1.165, 1.54) is 5.56 Å². The van der Waals surface area contributed by atoms with E-state index in [-0.39, 0.29) is 18.2 Å². The molecule has 6 heteroatoms. The van der Waals surface area contributed by atoms with Crippen LogP contribution in [0.15, 0.2) is 24.5 Å². The minimum atomic E-state index is 0.0379. The van der Waals surface area contributed by atoms with Gasteiger partial charge in [0.25, 0.3) is 0 Å². The molecule has 3 heterocycles. The van der Waals surface area contributed by atoms with Gasteiger partial charge < -0.3 is 19.5 Å². The summed E-state index contributed by atoms with van der Waals surface area (Å²) < 4.78 is 19.4. The molecule has 3 atom stereocenters. The minimum Gasteiger partial charge on any atom is -0.497 e. The van der Waals surface area contributed by atoms with Gasteiger partial charge >= 0.3 is 0 Å². The second-order valence-corrected chi connectivity index (χ2v) is 7.28. The number of fused-ring (bicyclic) bond motifs is 1. The summed E-state index contributed by atoms with van der Waals surface area (Å²) in [5.41, 5.74) is 3.52. The van der Waals surface area contributed by atoms with E-state index in [1.807, 2.05) is 24.1 Å². The molecule has 2 aromatic rings. The lowest BCUT2D eigenvalue weighted by Gasteiger charge is -2.32. The van der Waals surface area contributed by atoms with Crippen molar-refractivity contribution in [2.75, 3.05) is 13.7 Å². The van der Waals surface area contributed by atoms with Gasteiger partial charge in [-0.05, 0) is 31.9 Å². The fraction of sp³-hybridized carbons (Fsp3) is 0.550. The van der Waals surface area contributed by atoms with E-state index < -0.39 is 0 Å². The molecule has 4 rings (SSSR count). The van der Waals surface area contributed by atoms with Crippen molar-refractivity contribution in [2.45, 2.75) is 51.0 Å². The van der Waals surface area contributed by atoms with Crippen LogP contribution in [0.1, 0.15) is 42.6 Å². The van der Waals surface area contributed by atoms with E-state index in [1.54, 1.807) is 7.11 Å². The first-order chi connectivity index (χ1) is 12.6. The summed E-state index contributed by atoms with van der Waals surface area (Å²) in [6.07, 6.45) is 7.29. The highest BCUT2D eigenvalue weighted by atomic mass is 16.5. The minimum absolute atomic E-state index is 0.0379. The molecule has 0 radical (unpaired) electrons. The Hall–Kier alpha value is -2.05. The van der Waals surface area contributed by atoms with E-state index in [2.05, 4.69) is 29.5 Å². The average Bonchev–Trinajstić information content (AvgIpc) is 3.24. The van der Waals surface area contributed by atoms with Gasteiger partial charge in [-0.3, -0.25) is 4.68 Å². The number of hydrogen-bond donors (Lipinski definition) is 1. The van der Waals surface area contributed by atoms with Crippen LogP contribution in [0.25, 0.3) is 0 Å². The standard InChI is InChI=1S/C20H27N3O3/c1-13-7-14-8-17(24-3)9-15(19(14)26-13)10-21-18-5-4-6-25-20(18)16-11-22-23(2)12-16/h8-9,11-13,18,20-21H,4-7,10H2,1-3H3/t13?,18-,20+/m0/s1. The summed E-state index contributed by atoms with van der Waals surface area (Å²) in [6.45, 7) is 3.64. The molecule has 0 bridgehead atoms. The zero-order valence-electron chi connectivity index (χ0n) is 15.7. The van der Waals surface area contributed by atoms with Crippen molar-refractivity contribution >= 4 is 0 Å². The van der Waals surface area contributed by atoms with Crippen LogP contribution in [-0.2, 0) is 24.8 Å². The molecule has 26 heavy (non-hydrogen) atoms. The van der Waals surface area contributed by atoms with Gasteiger partial charge in [0.05, 0.1) is 13.3 Å². The molecule has 1 saturated heterocycles. The smallest absolute Gasteiger partial charge is 0.127 e. The van der Waals surface area contributed by atoms with Crippen LogP contribution < -0.4 is 14.8 Å². The summed E-state index contributed by atoms with van der Waals surface area (Å²) in [6, 6.07) is 4.42. The van der Waals surface area contributed by atoms with Crippen molar-refractivity contribution in [1.82, 2.24) is 15.1 Å². The highest BCUT2D eigenvalue weighted by Gasteiger charge is 2.29. The van der Waals surface area contributed by atoms with Gasteiger partial charge in [-0.15, -0.1) is 0 Å². The van der Waals surface area contributed by atoms with Crippen LogP contribution in [0, 0.1) is 0 Å². The molecule has 0 amide bonds. The molecule has 1 unspecified atom stereocenters. The van der Waals surface area contributed by atoms with Crippen molar-refractivity contribution in [3.05, 3.63) is 41.2 Å². The van der Waals surface area contributed by atoms with E-state index in [0.717, 1.165) is 55.0 Å². The normalized spacial score (nSPS) is 25.0. The molecular formula is C20H27N3O3. The predicted molar refractivity (Wildman–Crippen MR) is 98.6 cm³/mol. The molecule has 1 aromatic heterocycles. The number of rotatable bonds is 5. The second kappa shape index (κ2) is 7.29. The average molecular weight is 357 g/mol. The Morgan fingerprint density at radius 2 is 2.27 bits per heavy atom. The van der Waals surface area contributed by atoms with Crippen LogP contribution in [0.3, 0.4) is 0 Å². The van der Waals surface area contributed by atoms with Crippen LogP contribution in [-0.4, -0.2) is 35.6 Å². The molecule has 0 saturated carbocycles. The Labute approximate surface area is 154 Å². The molecule has 1 N–H and O–H groups in total. The van der Waals surface area contributed by atoms with E-state index in [4.69, 9.17) is 14.2 Å². The quantitative estimate of drug-likeness (QED) is 0.892. The number of aromatic nitrogens is 2. The summed E-state index contributed by atoms with van der Waals surface area (Å²) in [7, 11) is 3.65. The first-order valence-electron chi connectivity index (χ1n) is 9.34. The zero-order valence-corrected chi connectivity index (χ0v) is 15.7. The maximum Gasteiger partial charge on any atom is 0.127 e. The zero-order chi connectivity index (χ0) is 18.1. The van der Waals surface area contributed by atoms with Gasteiger partial charge in [0, 0.05) is 55.5 Å². The van der Waals surface area contributed by atoms with Crippen molar-refractivity contribution in [3.63, 3.8) is 0 Å². The lowest BCUT2D eigenvalue weighted by atomic mass is 9.97. The Kier molecular flexibility index (Phi) is 4.87. The fourth-order valence-corrected chi connectivity index (χ4v) is 3.97. The van der Waals surface area contributed by atoms with Crippen LogP contribution in [0.4, 0.5) is 0 Å². The molecule has 2 aliphatic heterocycles. The molecule has 140 valence electrons. The van der Waals surface area contributed by atoms with E-state index in [0.29, 0.717) is 0 Å². The Morgan fingerprint density at radius 3 is 3.04 bits per heavy atom. The second-order valence-electron chi connectivity index (χ2n) is 7.28. The Balaban J connectivity index is 1.52. The van der Waals surface area contributed by atoms with Crippen molar-refractivity contribution in [2.24, 2.45) is 7.05 Å². The van der Waals surface area contributed by atoms with Crippen LogP contribution >= 0.6 is 0 Å². The third kappa shape index (κ3) is 3.44. The largest absolute Gasteiger partial charge is 0.497 e. The summed E-state index contributed by atoms with van der Waals surface area (Å²) >= 11 is 0.